The van der Waals surface area contributed by atoms with Crippen LogP contribution in [-0.4, -0.2) is 40.3 Å². The fraction of sp³-hybridized carbons (Fsp3) is 0.350. The summed E-state index contributed by atoms with van der Waals surface area (Å²) in [6.07, 6.45) is 1.84. The number of nitrogens with zero attached hydrogens (tertiary/aromatic N) is 1. The smallest absolute Gasteiger partial charge is 0.251 e. The number of carbonyl (C=O) groups excluding carboxylic acids is 1. The van der Waals surface area contributed by atoms with Crippen molar-refractivity contribution in [2.45, 2.75) is 19.9 Å². The molecule has 0 saturated carbocycles. The minimum Gasteiger partial charge on any atom is -0.382 e. The van der Waals surface area contributed by atoms with Crippen LogP contribution in [0, 0.1) is 0 Å². The maximum Gasteiger partial charge on any atom is 0.251 e. The van der Waals surface area contributed by atoms with E-state index in [1.807, 2.05) is 6.92 Å². The van der Waals surface area contributed by atoms with E-state index in [0.29, 0.717) is 36.6 Å². The topological polar surface area (TPSA) is 75.7 Å². The molecule has 0 spiro atoms. The number of benzene rings is 2. The van der Waals surface area contributed by atoms with Crippen molar-refractivity contribution >= 4 is 44.8 Å². The molecule has 9 heteroatoms. The fourth-order valence-electron chi connectivity index (χ4n) is 2.62. The number of hydrogen-bond donors (Lipinski definition) is 1. The van der Waals surface area contributed by atoms with Gasteiger partial charge in [0.05, 0.1) is 28.5 Å². The van der Waals surface area contributed by atoms with Gasteiger partial charge in [-0.25, -0.2) is 8.42 Å². The van der Waals surface area contributed by atoms with E-state index in [1.165, 1.54) is 4.31 Å². The number of sulfonamides is 1. The van der Waals surface area contributed by atoms with E-state index in [0.717, 1.165) is 12.7 Å². The molecule has 0 fully saturated rings. The van der Waals surface area contributed by atoms with Gasteiger partial charge in [0.2, 0.25) is 10.0 Å². The van der Waals surface area contributed by atoms with Crippen LogP contribution >= 0.6 is 23.2 Å². The first-order chi connectivity index (χ1) is 13.7. The van der Waals surface area contributed by atoms with E-state index in [-0.39, 0.29) is 22.5 Å². The van der Waals surface area contributed by atoms with E-state index in [4.69, 9.17) is 27.9 Å². The van der Waals surface area contributed by atoms with Crippen LogP contribution in [0.15, 0.2) is 42.5 Å². The maximum absolute atomic E-state index is 12.3. The van der Waals surface area contributed by atoms with Crippen LogP contribution in [0.5, 0.6) is 0 Å². The predicted molar refractivity (Wildman–Crippen MR) is 117 cm³/mol. The minimum absolute atomic E-state index is 0.0646. The average Bonchev–Trinajstić information content (AvgIpc) is 2.68. The van der Waals surface area contributed by atoms with Crippen LogP contribution in [0.1, 0.15) is 29.3 Å². The summed E-state index contributed by atoms with van der Waals surface area (Å²) in [7, 11) is -3.60. The molecule has 0 heterocycles. The zero-order valence-corrected chi connectivity index (χ0v) is 18.6. The van der Waals surface area contributed by atoms with E-state index < -0.39 is 10.0 Å². The predicted octanol–water partition coefficient (Wildman–Crippen LogP) is 4.12. The summed E-state index contributed by atoms with van der Waals surface area (Å²) >= 11 is 12.2. The summed E-state index contributed by atoms with van der Waals surface area (Å²) in [5.41, 5.74) is 1.51. The molecule has 0 unspecified atom stereocenters. The Labute approximate surface area is 181 Å². The summed E-state index contributed by atoms with van der Waals surface area (Å²) in [6.45, 7) is 3.76. The largest absolute Gasteiger partial charge is 0.382 e. The molecule has 0 bridgehead atoms. The van der Waals surface area contributed by atoms with Crippen molar-refractivity contribution in [3.8, 4) is 0 Å². The molecule has 0 aliphatic carbocycles. The first-order valence-electron chi connectivity index (χ1n) is 9.10. The molecule has 2 rings (SSSR count). The number of anilines is 1. The van der Waals surface area contributed by atoms with Crippen LogP contribution in [0.4, 0.5) is 5.69 Å². The highest BCUT2D eigenvalue weighted by Gasteiger charge is 2.21. The lowest BCUT2D eigenvalue weighted by atomic mass is 10.1. The first kappa shape index (κ1) is 23.5. The Kier molecular flexibility index (Phi) is 8.77. The van der Waals surface area contributed by atoms with Gasteiger partial charge >= 0.3 is 0 Å². The quantitative estimate of drug-likeness (QED) is 0.543. The highest BCUT2D eigenvalue weighted by atomic mass is 35.5. The second-order valence-electron chi connectivity index (χ2n) is 6.35. The second-order valence-corrected chi connectivity index (χ2v) is 9.04. The first-order valence-corrected chi connectivity index (χ1v) is 11.7. The summed E-state index contributed by atoms with van der Waals surface area (Å²) in [4.78, 5) is 12.2. The fourth-order valence-corrected chi connectivity index (χ4v) is 3.96. The summed E-state index contributed by atoms with van der Waals surface area (Å²) in [5, 5.41) is 3.27. The van der Waals surface area contributed by atoms with Crippen molar-refractivity contribution in [1.82, 2.24) is 5.32 Å². The monoisotopic (exact) mass is 458 g/mol. The number of hydrogen-bond acceptors (Lipinski definition) is 4. The Balaban J connectivity index is 2.10. The second kappa shape index (κ2) is 10.8. The zero-order valence-electron chi connectivity index (χ0n) is 16.3. The molecule has 0 atom stereocenters. The Bertz CT molecular complexity index is 934. The molecule has 6 nitrogen and oxygen atoms in total. The number of amides is 1. The molecule has 2 aromatic rings. The van der Waals surface area contributed by atoms with Gasteiger partial charge in [-0.3, -0.25) is 9.10 Å². The number of halogens is 2. The van der Waals surface area contributed by atoms with Gasteiger partial charge in [0.25, 0.3) is 5.91 Å². The standard InChI is InChI=1S/C20H24Cl2N2O4S/c1-3-28-13-5-12-23-20(25)16-10-8-15(9-11-16)14-24(29(2,26)27)18-7-4-6-17(21)19(18)22/h4,6-11H,3,5,12-14H2,1-2H3,(H,23,25). The Morgan fingerprint density at radius 2 is 1.83 bits per heavy atom. The van der Waals surface area contributed by atoms with E-state index in [2.05, 4.69) is 5.32 Å². The minimum atomic E-state index is -3.60. The van der Waals surface area contributed by atoms with Crippen molar-refractivity contribution in [3.63, 3.8) is 0 Å². The van der Waals surface area contributed by atoms with Gasteiger partial charge in [-0.2, -0.15) is 0 Å². The molecule has 29 heavy (non-hydrogen) atoms. The van der Waals surface area contributed by atoms with E-state index >= 15 is 0 Å². The van der Waals surface area contributed by atoms with Gasteiger partial charge in [0.1, 0.15) is 0 Å². The molecular weight excluding hydrogens is 435 g/mol. The van der Waals surface area contributed by atoms with Gasteiger partial charge in [-0.1, -0.05) is 41.4 Å². The van der Waals surface area contributed by atoms with Gasteiger partial charge in [0, 0.05) is 25.3 Å². The van der Waals surface area contributed by atoms with Crippen LogP contribution in [0.2, 0.25) is 10.0 Å². The Morgan fingerprint density at radius 3 is 2.45 bits per heavy atom. The third kappa shape index (κ3) is 6.89. The van der Waals surface area contributed by atoms with Crippen LogP contribution in [-0.2, 0) is 21.3 Å². The lowest BCUT2D eigenvalue weighted by Gasteiger charge is -2.24. The van der Waals surface area contributed by atoms with Gasteiger partial charge in [-0.05, 0) is 43.2 Å². The van der Waals surface area contributed by atoms with Gasteiger partial charge in [0.15, 0.2) is 0 Å². The molecule has 2 aromatic carbocycles. The van der Waals surface area contributed by atoms with Gasteiger partial charge in [-0.15, -0.1) is 0 Å². The van der Waals surface area contributed by atoms with Crippen molar-refractivity contribution in [2.75, 3.05) is 30.3 Å². The molecule has 158 valence electrons. The van der Waals surface area contributed by atoms with E-state index in [1.54, 1.807) is 42.5 Å². The normalized spacial score (nSPS) is 11.3. The molecule has 1 N–H and O–H groups in total. The molecular formula is C20H24Cl2N2O4S. The zero-order chi connectivity index (χ0) is 21.4. The average molecular weight is 459 g/mol. The van der Waals surface area contributed by atoms with Crippen LogP contribution in [0.25, 0.3) is 0 Å². The van der Waals surface area contributed by atoms with E-state index in [9.17, 15) is 13.2 Å². The molecule has 0 saturated heterocycles. The summed E-state index contributed by atoms with van der Waals surface area (Å²) < 4.78 is 31.1. The number of nitrogens with one attached hydrogen (secondary N) is 1. The van der Waals surface area contributed by atoms with Gasteiger partial charge < -0.3 is 10.1 Å². The molecule has 1 amide bonds. The van der Waals surface area contributed by atoms with Crippen LogP contribution in [0.3, 0.4) is 0 Å². The lowest BCUT2D eigenvalue weighted by Crippen LogP contribution is -2.29. The highest BCUT2D eigenvalue weighted by Crippen LogP contribution is 2.34. The third-order valence-corrected chi connectivity index (χ3v) is 6.03. The maximum atomic E-state index is 12.3. The third-order valence-electron chi connectivity index (χ3n) is 4.10. The van der Waals surface area contributed by atoms with Crippen molar-refractivity contribution in [3.05, 3.63) is 63.6 Å². The highest BCUT2D eigenvalue weighted by molar-refractivity contribution is 7.92. The molecule has 0 radical (unpaired) electrons. The van der Waals surface area contributed by atoms with Crippen molar-refractivity contribution in [2.24, 2.45) is 0 Å². The Morgan fingerprint density at radius 1 is 1.14 bits per heavy atom. The molecule has 0 aliphatic rings. The number of ether oxygens (including phenoxy) is 1. The SMILES string of the molecule is CCOCCCNC(=O)c1ccc(CN(c2cccc(Cl)c2Cl)S(C)(=O)=O)cc1. The molecule has 0 aliphatic heterocycles. The lowest BCUT2D eigenvalue weighted by molar-refractivity contribution is 0.0944. The number of rotatable bonds is 10. The molecule has 0 aromatic heterocycles. The summed E-state index contributed by atoms with van der Waals surface area (Å²) in [6, 6.07) is 11.6. The van der Waals surface area contributed by atoms with Crippen molar-refractivity contribution < 1.29 is 17.9 Å². The summed E-state index contributed by atoms with van der Waals surface area (Å²) in [5.74, 6) is -0.189. The van der Waals surface area contributed by atoms with Crippen LogP contribution < -0.4 is 9.62 Å². The number of carbonyl (C=O) groups is 1. The Hall–Kier alpha value is -1.80. The van der Waals surface area contributed by atoms with Crippen molar-refractivity contribution in [1.29, 1.82) is 0 Å².